The van der Waals surface area contributed by atoms with E-state index in [1.54, 1.807) is 4.57 Å². The van der Waals surface area contributed by atoms with E-state index < -0.39 is 0 Å². The van der Waals surface area contributed by atoms with Crippen LogP contribution < -0.4 is 15.8 Å². The van der Waals surface area contributed by atoms with Gasteiger partial charge in [0, 0.05) is 38.6 Å². The lowest BCUT2D eigenvalue weighted by atomic mass is 9.96. The van der Waals surface area contributed by atoms with Crippen molar-refractivity contribution >= 4 is 22.8 Å². The number of carbonyl (C=O) groups excluding carboxylic acids is 1. The molecule has 7 nitrogen and oxygen atoms in total. The Balaban J connectivity index is 1.28. The highest BCUT2D eigenvalue weighted by Gasteiger charge is 2.27. The van der Waals surface area contributed by atoms with Gasteiger partial charge in [-0.15, -0.1) is 0 Å². The first-order valence-corrected chi connectivity index (χ1v) is 12.3. The molecule has 174 valence electrons. The van der Waals surface area contributed by atoms with Crippen molar-refractivity contribution in [3.8, 4) is 0 Å². The van der Waals surface area contributed by atoms with Crippen LogP contribution in [0, 0.1) is 11.8 Å². The third-order valence-electron chi connectivity index (χ3n) is 7.01. The number of aromatic nitrogens is 2. The maximum absolute atomic E-state index is 13.0. The highest BCUT2D eigenvalue weighted by Crippen LogP contribution is 2.22. The van der Waals surface area contributed by atoms with Crippen LogP contribution in [-0.4, -0.2) is 59.6 Å². The molecule has 2 fully saturated rings. The molecule has 0 radical (unpaired) electrons. The molecule has 0 bridgehead atoms. The molecule has 2 aliphatic rings. The number of hydrogen-bond acceptors (Lipinski definition) is 5. The quantitative estimate of drug-likeness (QED) is 0.672. The van der Waals surface area contributed by atoms with E-state index in [2.05, 4.69) is 27.0 Å². The van der Waals surface area contributed by atoms with E-state index in [9.17, 15) is 9.59 Å². The van der Waals surface area contributed by atoms with Gasteiger partial charge in [-0.2, -0.15) is 0 Å². The van der Waals surface area contributed by atoms with Gasteiger partial charge in [-0.1, -0.05) is 19.1 Å². The van der Waals surface area contributed by atoms with Crippen LogP contribution in [-0.2, 0) is 11.3 Å². The number of para-hydroxylation sites is 2. The Kier molecular flexibility index (Phi) is 7.45. The predicted octanol–water partition coefficient (Wildman–Crippen LogP) is 2.87. The van der Waals surface area contributed by atoms with Crippen molar-refractivity contribution in [3.63, 3.8) is 0 Å². The number of fused-ring (bicyclic) bond motifs is 1. The number of aryl methyl sites for hydroxylation is 1. The van der Waals surface area contributed by atoms with Gasteiger partial charge in [0.05, 0.1) is 11.0 Å². The molecular weight excluding hydrogens is 402 g/mol. The lowest BCUT2D eigenvalue weighted by Crippen LogP contribution is -2.43. The topological polar surface area (TPSA) is 70.5 Å². The van der Waals surface area contributed by atoms with Crippen LogP contribution in [0.25, 0.3) is 11.0 Å². The van der Waals surface area contributed by atoms with Crippen molar-refractivity contribution in [2.24, 2.45) is 11.8 Å². The molecule has 1 atom stereocenters. The average Bonchev–Trinajstić information content (AvgIpc) is 2.81. The summed E-state index contributed by atoms with van der Waals surface area (Å²) < 4.78 is 1.79. The summed E-state index contributed by atoms with van der Waals surface area (Å²) in [4.78, 5) is 34.9. The van der Waals surface area contributed by atoms with E-state index in [-0.39, 0.29) is 17.4 Å². The number of piperidine rings is 2. The Morgan fingerprint density at radius 3 is 2.69 bits per heavy atom. The molecule has 1 aromatic carbocycles. The number of likely N-dealkylation sites (tertiary alicyclic amines) is 1. The fraction of sp³-hybridized carbons (Fsp3) is 0.640. The van der Waals surface area contributed by atoms with Crippen molar-refractivity contribution in [2.45, 2.75) is 52.5 Å². The minimum atomic E-state index is -0.0406. The maximum atomic E-state index is 13.0. The zero-order valence-corrected chi connectivity index (χ0v) is 19.6. The second kappa shape index (κ2) is 10.5. The van der Waals surface area contributed by atoms with Crippen LogP contribution in [0.15, 0.2) is 29.1 Å². The number of amides is 1. The predicted molar refractivity (Wildman–Crippen MR) is 129 cm³/mol. The van der Waals surface area contributed by atoms with Gasteiger partial charge in [0.2, 0.25) is 5.91 Å². The van der Waals surface area contributed by atoms with Crippen LogP contribution in [0.3, 0.4) is 0 Å². The van der Waals surface area contributed by atoms with Gasteiger partial charge in [0.25, 0.3) is 5.56 Å². The summed E-state index contributed by atoms with van der Waals surface area (Å²) in [5, 5.41) is 3.15. The van der Waals surface area contributed by atoms with Crippen LogP contribution in [0.4, 0.5) is 5.82 Å². The van der Waals surface area contributed by atoms with Crippen molar-refractivity contribution in [1.29, 1.82) is 0 Å². The number of hydrogen-bond donors (Lipinski definition) is 1. The Hall–Kier alpha value is -2.41. The van der Waals surface area contributed by atoms with E-state index in [4.69, 9.17) is 0 Å². The number of rotatable bonds is 7. The highest BCUT2D eigenvalue weighted by atomic mass is 16.2. The number of benzene rings is 1. The van der Waals surface area contributed by atoms with Crippen molar-refractivity contribution < 1.29 is 4.79 Å². The van der Waals surface area contributed by atoms with Crippen LogP contribution >= 0.6 is 0 Å². The number of anilines is 1. The first-order valence-electron chi connectivity index (χ1n) is 12.3. The molecule has 4 rings (SSSR count). The molecule has 7 heteroatoms. The molecule has 1 aromatic heterocycles. The minimum Gasteiger partial charge on any atom is -0.356 e. The van der Waals surface area contributed by atoms with Crippen molar-refractivity contribution in [3.05, 3.63) is 34.6 Å². The zero-order valence-electron chi connectivity index (χ0n) is 19.6. The normalized spacial score (nSPS) is 20.6. The molecule has 2 aromatic rings. The van der Waals surface area contributed by atoms with Gasteiger partial charge in [-0.3, -0.25) is 9.59 Å². The summed E-state index contributed by atoms with van der Waals surface area (Å²) in [6, 6.07) is 7.78. The molecule has 0 unspecified atom stereocenters. The van der Waals surface area contributed by atoms with Gasteiger partial charge in [-0.05, 0) is 70.2 Å². The van der Waals surface area contributed by atoms with Gasteiger partial charge in [0.1, 0.15) is 0 Å². The zero-order chi connectivity index (χ0) is 22.5. The molecule has 32 heavy (non-hydrogen) atoms. The highest BCUT2D eigenvalue weighted by molar-refractivity contribution is 5.79. The fourth-order valence-corrected chi connectivity index (χ4v) is 5.20. The molecule has 3 heterocycles. The SMILES string of the molecule is CCn1c(=O)c(N2CCC(C(=O)NCCCN3CCC[C@@H](C)C3)CC2)nc2ccccc21. The molecule has 2 saturated heterocycles. The summed E-state index contributed by atoms with van der Waals surface area (Å²) in [6.07, 6.45) is 5.16. The standard InChI is InChI=1S/C25H37N5O2/c1-3-30-22-10-5-4-9-21(22)27-23(25(30)32)29-16-11-20(12-17-29)24(31)26-13-7-15-28-14-6-8-19(2)18-28/h4-5,9-10,19-20H,3,6-8,11-18H2,1-2H3,(H,26,31)/t19-/m1/s1. The monoisotopic (exact) mass is 439 g/mol. The lowest BCUT2D eigenvalue weighted by molar-refractivity contribution is -0.125. The molecule has 2 aliphatic heterocycles. The van der Waals surface area contributed by atoms with E-state index in [0.29, 0.717) is 25.5 Å². The third kappa shape index (κ3) is 5.14. The van der Waals surface area contributed by atoms with Gasteiger partial charge < -0.3 is 19.7 Å². The first-order chi connectivity index (χ1) is 15.6. The van der Waals surface area contributed by atoms with Crippen LogP contribution in [0.1, 0.15) is 46.0 Å². The molecule has 0 aliphatic carbocycles. The lowest BCUT2D eigenvalue weighted by Gasteiger charge is -2.32. The second-order valence-corrected chi connectivity index (χ2v) is 9.43. The summed E-state index contributed by atoms with van der Waals surface area (Å²) in [6.45, 7) is 10.5. The van der Waals surface area contributed by atoms with E-state index in [0.717, 1.165) is 49.3 Å². The third-order valence-corrected chi connectivity index (χ3v) is 7.01. The summed E-state index contributed by atoms with van der Waals surface area (Å²) >= 11 is 0. The Morgan fingerprint density at radius 2 is 1.94 bits per heavy atom. The fourth-order valence-electron chi connectivity index (χ4n) is 5.20. The maximum Gasteiger partial charge on any atom is 0.293 e. The summed E-state index contributed by atoms with van der Waals surface area (Å²) in [5.74, 6) is 1.49. The minimum absolute atomic E-state index is 0.0233. The van der Waals surface area contributed by atoms with Crippen molar-refractivity contribution in [2.75, 3.05) is 44.2 Å². The van der Waals surface area contributed by atoms with Gasteiger partial charge in [-0.25, -0.2) is 4.98 Å². The van der Waals surface area contributed by atoms with Gasteiger partial charge >= 0.3 is 0 Å². The van der Waals surface area contributed by atoms with E-state index in [1.165, 1.54) is 25.9 Å². The van der Waals surface area contributed by atoms with Crippen LogP contribution in [0.5, 0.6) is 0 Å². The number of nitrogens with one attached hydrogen (secondary N) is 1. The number of carbonyl (C=O) groups is 1. The Bertz CT molecular complexity index is 980. The molecular formula is C25H37N5O2. The summed E-state index contributed by atoms with van der Waals surface area (Å²) in [7, 11) is 0. The Labute approximate surface area is 190 Å². The molecule has 0 spiro atoms. The number of nitrogens with zero attached hydrogens (tertiary/aromatic N) is 4. The smallest absolute Gasteiger partial charge is 0.293 e. The molecule has 1 N–H and O–H groups in total. The second-order valence-electron chi connectivity index (χ2n) is 9.43. The first kappa shape index (κ1) is 22.8. The van der Waals surface area contributed by atoms with E-state index in [1.807, 2.05) is 31.2 Å². The molecule has 1 amide bonds. The summed E-state index contributed by atoms with van der Waals surface area (Å²) in [5.41, 5.74) is 1.67. The average molecular weight is 440 g/mol. The van der Waals surface area contributed by atoms with Crippen LogP contribution in [0.2, 0.25) is 0 Å². The van der Waals surface area contributed by atoms with Gasteiger partial charge in [0.15, 0.2) is 5.82 Å². The van der Waals surface area contributed by atoms with Crippen molar-refractivity contribution in [1.82, 2.24) is 19.8 Å². The van der Waals surface area contributed by atoms with E-state index >= 15 is 0 Å². The molecule has 0 saturated carbocycles. The largest absolute Gasteiger partial charge is 0.356 e. The Morgan fingerprint density at radius 1 is 1.16 bits per heavy atom.